The lowest BCUT2D eigenvalue weighted by Gasteiger charge is -2.27. The van der Waals surface area contributed by atoms with E-state index in [0.717, 1.165) is 12.8 Å². The molecular formula is C14H24N2O2. The zero-order valence-corrected chi connectivity index (χ0v) is 11.9. The number of hydrogen-bond acceptors (Lipinski definition) is 2. The molecule has 1 N–H and O–H groups in total. The number of aryl methyl sites for hydroxylation is 1. The second kappa shape index (κ2) is 6.03. The van der Waals surface area contributed by atoms with E-state index in [9.17, 15) is 9.59 Å². The number of H-pyrrole nitrogens is 1. The van der Waals surface area contributed by atoms with Crippen molar-refractivity contribution in [2.24, 2.45) is 0 Å². The van der Waals surface area contributed by atoms with Gasteiger partial charge < -0.3 is 0 Å². The van der Waals surface area contributed by atoms with Gasteiger partial charge >= 0.3 is 5.69 Å². The Morgan fingerprint density at radius 2 is 1.89 bits per heavy atom. The third kappa shape index (κ3) is 3.59. The van der Waals surface area contributed by atoms with Crippen molar-refractivity contribution in [1.29, 1.82) is 0 Å². The van der Waals surface area contributed by atoms with E-state index >= 15 is 0 Å². The van der Waals surface area contributed by atoms with Gasteiger partial charge in [-0.3, -0.25) is 14.3 Å². The van der Waals surface area contributed by atoms with Gasteiger partial charge in [-0.25, -0.2) is 4.79 Å². The van der Waals surface area contributed by atoms with Gasteiger partial charge in [0.05, 0.1) is 0 Å². The minimum atomic E-state index is -0.314. The van der Waals surface area contributed by atoms with Crippen LogP contribution in [0.5, 0.6) is 0 Å². The van der Waals surface area contributed by atoms with Crippen molar-refractivity contribution in [2.45, 2.75) is 65.3 Å². The topological polar surface area (TPSA) is 54.9 Å². The van der Waals surface area contributed by atoms with Crippen molar-refractivity contribution in [3.8, 4) is 0 Å². The monoisotopic (exact) mass is 252 g/mol. The van der Waals surface area contributed by atoms with E-state index in [2.05, 4.69) is 11.9 Å². The molecule has 0 saturated carbocycles. The van der Waals surface area contributed by atoms with Crippen LogP contribution < -0.4 is 11.2 Å². The largest absolute Gasteiger partial charge is 0.328 e. The van der Waals surface area contributed by atoms with Gasteiger partial charge in [0.2, 0.25) is 0 Å². The van der Waals surface area contributed by atoms with Gasteiger partial charge in [0.15, 0.2) is 0 Å². The number of nitrogens with zero attached hydrogens (tertiary/aromatic N) is 1. The maximum atomic E-state index is 11.8. The summed E-state index contributed by atoms with van der Waals surface area (Å²) < 4.78 is 1.65. The molecule has 0 spiro atoms. The average Bonchev–Trinajstić information content (AvgIpc) is 2.29. The maximum Gasteiger partial charge on any atom is 0.328 e. The van der Waals surface area contributed by atoms with E-state index in [1.165, 1.54) is 19.3 Å². The number of hydrogen-bond donors (Lipinski definition) is 1. The number of unbranched alkanes of at least 4 members (excludes halogenated alkanes) is 3. The molecule has 0 aliphatic carbocycles. The quantitative estimate of drug-likeness (QED) is 0.791. The molecule has 1 aromatic rings. The highest BCUT2D eigenvalue weighted by Crippen LogP contribution is 2.21. The molecule has 0 atom stereocenters. The number of aromatic amines is 1. The summed E-state index contributed by atoms with van der Waals surface area (Å²) in [5.74, 6) is 0. The van der Waals surface area contributed by atoms with Crippen molar-refractivity contribution in [1.82, 2.24) is 9.55 Å². The molecule has 0 bridgehead atoms. The summed E-state index contributed by atoms with van der Waals surface area (Å²) in [7, 11) is 0. The first-order valence-corrected chi connectivity index (χ1v) is 6.71. The SMILES string of the molecule is CCCCCCC(C)(C)n1cc(C)c(=O)[nH]c1=O. The number of nitrogens with one attached hydrogen (secondary N) is 1. The molecule has 1 heterocycles. The van der Waals surface area contributed by atoms with Crippen molar-refractivity contribution in [3.63, 3.8) is 0 Å². The van der Waals surface area contributed by atoms with Crippen molar-refractivity contribution in [2.75, 3.05) is 0 Å². The summed E-state index contributed by atoms with van der Waals surface area (Å²) in [5.41, 5.74) is -0.278. The minimum Gasteiger partial charge on any atom is -0.295 e. The first-order valence-electron chi connectivity index (χ1n) is 6.71. The molecule has 0 saturated heterocycles. The third-order valence-electron chi connectivity index (χ3n) is 3.41. The van der Waals surface area contributed by atoms with Crippen LogP contribution >= 0.6 is 0 Å². The first kappa shape index (κ1) is 14.7. The van der Waals surface area contributed by atoms with Gasteiger partial charge in [-0.05, 0) is 27.2 Å². The Bertz CT molecular complexity index is 497. The van der Waals surface area contributed by atoms with Crippen LogP contribution in [0.3, 0.4) is 0 Å². The maximum absolute atomic E-state index is 11.8. The van der Waals surface area contributed by atoms with Gasteiger partial charge in [0, 0.05) is 17.3 Å². The van der Waals surface area contributed by atoms with Crippen LogP contribution in [0, 0.1) is 6.92 Å². The molecule has 4 heteroatoms. The Labute approximate surface area is 108 Å². The molecule has 0 radical (unpaired) electrons. The second-order valence-corrected chi connectivity index (χ2v) is 5.56. The van der Waals surface area contributed by atoms with E-state index in [-0.39, 0.29) is 16.8 Å². The summed E-state index contributed by atoms with van der Waals surface area (Å²) in [6, 6.07) is 0. The fourth-order valence-corrected chi connectivity index (χ4v) is 2.12. The number of rotatable bonds is 6. The predicted octanol–water partition coefficient (Wildman–Crippen LogP) is 2.55. The Balaban J connectivity index is 2.87. The summed E-state index contributed by atoms with van der Waals surface area (Å²) >= 11 is 0. The van der Waals surface area contributed by atoms with Gasteiger partial charge in [-0.2, -0.15) is 0 Å². The molecule has 4 nitrogen and oxygen atoms in total. The zero-order valence-electron chi connectivity index (χ0n) is 11.9. The van der Waals surface area contributed by atoms with Crippen molar-refractivity contribution in [3.05, 3.63) is 32.6 Å². The normalized spacial score (nSPS) is 11.8. The van der Waals surface area contributed by atoms with Crippen molar-refractivity contribution < 1.29 is 0 Å². The molecule has 1 rings (SSSR count). The summed E-state index contributed by atoms with van der Waals surface area (Å²) in [5, 5.41) is 0. The molecular weight excluding hydrogens is 228 g/mol. The van der Waals surface area contributed by atoms with E-state index in [4.69, 9.17) is 0 Å². The molecule has 0 aromatic carbocycles. The highest BCUT2D eigenvalue weighted by atomic mass is 16.2. The van der Waals surface area contributed by atoms with Gasteiger partial charge in [-0.1, -0.05) is 32.6 Å². The van der Waals surface area contributed by atoms with Crippen molar-refractivity contribution >= 4 is 0 Å². The zero-order chi connectivity index (χ0) is 13.8. The Morgan fingerprint density at radius 1 is 1.22 bits per heavy atom. The fourth-order valence-electron chi connectivity index (χ4n) is 2.12. The van der Waals surface area contributed by atoms with Crippen LogP contribution in [-0.4, -0.2) is 9.55 Å². The Kier molecular flexibility index (Phi) is 4.93. The summed E-state index contributed by atoms with van der Waals surface area (Å²) in [4.78, 5) is 25.6. The smallest absolute Gasteiger partial charge is 0.295 e. The molecule has 0 fully saturated rings. The second-order valence-electron chi connectivity index (χ2n) is 5.56. The lowest BCUT2D eigenvalue weighted by atomic mass is 9.96. The summed E-state index contributed by atoms with van der Waals surface area (Å²) in [6.45, 7) is 7.99. The highest BCUT2D eigenvalue weighted by molar-refractivity contribution is 5.03. The van der Waals surface area contributed by atoms with Gasteiger partial charge in [0.25, 0.3) is 5.56 Å². The van der Waals surface area contributed by atoms with E-state index < -0.39 is 0 Å². The van der Waals surface area contributed by atoms with Gasteiger partial charge in [0.1, 0.15) is 0 Å². The van der Waals surface area contributed by atoms with E-state index in [1.807, 2.05) is 13.8 Å². The Morgan fingerprint density at radius 3 is 2.50 bits per heavy atom. The third-order valence-corrected chi connectivity index (χ3v) is 3.41. The minimum absolute atomic E-state index is 0.250. The Hall–Kier alpha value is -1.32. The lowest BCUT2D eigenvalue weighted by molar-refractivity contribution is 0.299. The predicted molar refractivity (Wildman–Crippen MR) is 74.1 cm³/mol. The molecule has 102 valence electrons. The average molecular weight is 252 g/mol. The molecule has 0 unspecified atom stereocenters. The van der Waals surface area contributed by atoms with E-state index in [0.29, 0.717) is 5.56 Å². The highest BCUT2D eigenvalue weighted by Gasteiger charge is 2.21. The van der Waals surface area contributed by atoms with Crippen LogP contribution in [0.15, 0.2) is 15.8 Å². The molecule has 18 heavy (non-hydrogen) atoms. The molecule has 0 amide bonds. The van der Waals surface area contributed by atoms with Crippen LogP contribution in [0.4, 0.5) is 0 Å². The van der Waals surface area contributed by atoms with Crippen LogP contribution in [0.25, 0.3) is 0 Å². The molecule has 1 aromatic heterocycles. The van der Waals surface area contributed by atoms with Crippen LogP contribution in [0.2, 0.25) is 0 Å². The number of aromatic nitrogens is 2. The molecule has 0 aliphatic heterocycles. The van der Waals surface area contributed by atoms with Crippen LogP contribution in [-0.2, 0) is 5.54 Å². The lowest BCUT2D eigenvalue weighted by Crippen LogP contribution is -2.40. The van der Waals surface area contributed by atoms with E-state index in [1.54, 1.807) is 17.7 Å². The standard InChI is InChI=1S/C14H24N2O2/c1-5-6-7-8-9-14(3,4)16-10-11(2)12(17)15-13(16)18/h10H,5-9H2,1-4H3,(H,15,17,18). The fraction of sp³-hybridized carbons (Fsp3) is 0.714. The molecule has 0 aliphatic rings. The van der Waals surface area contributed by atoms with Gasteiger partial charge in [-0.15, -0.1) is 0 Å². The summed E-state index contributed by atoms with van der Waals surface area (Å²) in [6.07, 6.45) is 7.34. The van der Waals surface area contributed by atoms with Crippen LogP contribution in [0.1, 0.15) is 58.4 Å². The first-order chi connectivity index (χ1) is 8.38.